The molecule has 3 N–H and O–H groups in total. The molecule has 0 saturated heterocycles. The number of carbonyl (C=O) groups is 1. The summed E-state index contributed by atoms with van der Waals surface area (Å²) in [4.78, 5) is 14.6. The van der Waals surface area contributed by atoms with Gasteiger partial charge in [-0.2, -0.15) is 0 Å². The van der Waals surface area contributed by atoms with Gasteiger partial charge in [0.05, 0.1) is 7.11 Å². The number of carbonyl (C=O) groups excluding carboxylic acids is 1. The van der Waals surface area contributed by atoms with E-state index in [2.05, 4.69) is 10.3 Å². The van der Waals surface area contributed by atoms with Crippen LogP contribution in [-0.4, -0.2) is 40.9 Å². The number of hydrogen-bond donors (Lipinski definition) is 3. The van der Waals surface area contributed by atoms with Crippen LogP contribution in [0.2, 0.25) is 0 Å². The van der Waals surface area contributed by atoms with Crippen molar-refractivity contribution in [2.24, 2.45) is 0 Å². The van der Waals surface area contributed by atoms with Gasteiger partial charge in [-0.3, -0.25) is 9.78 Å². The van der Waals surface area contributed by atoms with Crippen LogP contribution >= 0.6 is 0 Å². The highest BCUT2D eigenvalue weighted by molar-refractivity contribution is 5.72. The molecule has 0 spiro atoms. The molecular formula is C11H16N2O4. The number of aliphatic hydroxyl groups excluding tert-OH is 2. The molecule has 0 radical (unpaired) electrons. The molecule has 94 valence electrons. The summed E-state index contributed by atoms with van der Waals surface area (Å²) in [5.41, 5.74) is 0.243. The van der Waals surface area contributed by atoms with E-state index in [4.69, 9.17) is 4.74 Å². The number of nitrogens with zero attached hydrogens (tertiary/aromatic N) is 1. The molecule has 2 atom stereocenters. The topological polar surface area (TPSA) is 91.7 Å². The van der Waals surface area contributed by atoms with Crippen molar-refractivity contribution >= 4 is 5.91 Å². The first-order valence-corrected chi connectivity index (χ1v) is 5.15. The smallest absolute Gasteiger partial charge is 0.216 e. The summed E-state index contributed by atoms with van der Waals surface area (Å²) in [6.45, 7) is 1.29. The highest BCUT2D eigenvalue weighted by Crippen LogP contribution is 2.24. The monoisotopic (exact) mass is 240 g/mol. The van der Waals surface area contributed by atoms with Crippen LogP contribution in [-0.2, 0) is 4.79 Å². The van der Waals surface area contributed by atoms with Crippen molar-refractivity contribution in [2.45, 2.75) is 19.1 Å². The molecule has 0 aliphatic heterocycles. The summed E-state index contributed by atoms with van der Waals surface area (Å²) < 4.78 is 5.02. The second-order valence-corrected chi connectivity index (χ2v) is 3.54. The van der Waals surface area contributed by atoms with Crippen molar-refractivity contribution in [1.29, 1.82) is 0 Å². The zero-order valence-corrected chi connectivity index (χ0v) is 9.75. The van der Waals surface area contributed by atoms with Crippen LogP contribution in [0.3, 0.4) is 0 Å². The first-order valence-electron chi connectivity index (χ1n) is 5.15. The summed E-state index contributed by atoms with van der Waals surface area (Å²) in [5, 5.41) is 22.0. The van der Waals surface area contributed by atoms with Gasteiger partial charge in [0.15, 0.2) is 0 Å². The van der Waals surface area contributed by atoms with Gasteiger partial charge in [0.25, 0.3) is 0 Å². The van der Waals surface area contributed by atoms with E-state index in [0.717, 1.165) is 0 Å². The number of aromatic nitrogens is 1. The fraction of sp³-hybridized carbons (Fsp3) is 0.455. The van der Waals surface area contributed by atoms with E-state index >= 15 is 0 Å². The van der Waals surface area contributed by atoms with Gasteiger partial charge >= 0.3 is 0 Å². The van der Waals surface area contributed by atoms with Crippen molar-refractivity contribution < 1.29 is 19.7 Å². The maximum Gasteiger partial charge on any atom is 0.216 e. The summed E-state index contributed by atoms with van der Waals surface area (Å²) in [5.74, 6) is 0.117. The summed E-state index contributed by atoms with van der Waals surface area (Å²) in [6.07, 6.45) is -0.854. The fourth-order valence-electron chi connectivity index (χ4n) is 1.34. The van der Waals surface area contributed by atoms with Gasteiger partial charge in [0.2, 0.25) is 5.91 Å². The molecule has 17 heavy (non-hydrogen) atoms. The highest BCUT2D eigenvalue weighted by Gasteiger charge is 2.23. The second kappa shape index (κ2) is 6.17. The van der Waals surface area contributed by atoms with Crippen LogP contribution < -0.4 is 10.1 Å². The standard InChI is InChI=1S/C11H16N2O4/c1-7(14)13-6-8(15)11(16)10-9(17-2)4-3-5-12-10/h3-5,8,11,15-16H,6H2,1-2H3,(H,13,14). The molecule has 0 bridgehead atoms. The number of nitrogens with one attached hydrogen (secondary N) is 1. The Kier molecular flexibility index (Phi) is 4.86. The van der Waals surface area contributed by atoms with Crippen LogP contribution in [0.1, 0.15) is 18.7 Å². The van der Waals surface area contributed by atoms with Gasteiger partial charge in [-0.05, 0) is 12.1 Å². The molecule has 0 fully saturated rings. The Labute approximate surface area is 99.3 Å². The molecule has 6 heteroatoms. The zero-order valence-electron chi connectivity index (χ0n) is 9.75. The summed E-state index contributed by atoms with van der Waals surface area (Å²) in [7, 11) is 1.45. The third-order valence-corrected chi connectivity index (χ3v) is 2.22. The summed E-state index contributed by atoms with van der Waals surface area (Å²) in [6, 6.07) is 3.30. The molecule has 1 aromatic rings. The first-order chi connectivity index (χ1) is 8.06. The number of amides is 1. The minimum Gasteiger partial charge on any atom is -0.495 e. The molecule has 0 saturated carbocycles. The molecule has 1 amide bonds. The fourth-order valence-corrected chi connectivity index (χ4v) is 1.34. The van der Waals surface area contributed by atoms with Crippen molar-refractivity contribution in [3.8, 4) is 5.75 Å². The minimum atomic E-state index is -1.21. The molecule has 0 aromatic carbocycles. The van der Waals surface area contributed by atoms with Gasteiger partial charge in [-0.1, -0.05) is 0 Å². The van der Waals surface area contributed by atoms with Gasteiger partial charge < -0.3 is 20.3 Å². The van der Waals surface area contributed by atoms with E-state index in [0.29, 0.717) is 5.75 Å². The van der Waals surface area contributed by atoms with Crippen LogP contribution in [0.5, 0.6) is 5.75 Å². The van der Waals surface area contributed by atoms with Gasteiger partial charge in [0.1, 0.15) is 23.7 Å². The quantitative estimate of drug-likeness (QED) is 0.652. The second-order valence-electron chi connectivity index (χ2n) is 3.54. The molecule has 0 aliphatic carbocycles. The Bertz CT molecular complexity index is 383. The number of pyridine rings is 1. The van der Waals surface area contributed by atoms with E-state index in [1.807, 2.05) is 0 Å². The maximum atomic E-state index is 10.7. The lowest BCUT2D eigenvalue weighted by atomic mass is 10.1. The number of ether oxygens (including phenoxy) is 1. The van der Waals surface area contributed by atoms with Crippen molar-refractivity contribution in [3.05, 3.63) is 24.0 Å². The van der Waals surface area contributed by atoms with Crippen molar-refractivity contribution in [1.82, 2.24) is 10.3 Å². The Hall–Kier alpha value is -1.66. The number of aliphatic hydroxyl groups is 2. The molecule has 6 nitrogen and oxygen atoms in total. The van der Waals surface area contributed by atoms with Crippen molar-refractivity contribution in [3.63, 3.8) is 0 Å². The Morgan fingerprint density at radius 1 is 1.59 bits per heavy atom. The first kappa shape index (κ1) is 13.4. The highest BCUT2D eigenvalue weighted by atomic mass is 16.5. The molecular weight excluding hydrogens is 224 g/mol. The van der Waals surface area contributed by atoms with Gasteiger partial charge in [-0.15, -0.1) is 0 Å². The van der Waals surface area contributed by atoms with Crippen LogP contribution in [0.4, 0.5) is 0 Å². The Morgan fingerprint density at radius 3 is 2.88 bits per heavy atom. The molecule has 1 rings (SSSR count). The van der Waals surface area contributed by atoms with E-state index in [-0.39, 0.29) is 18.1 Å². The molecule has 0 aliphatic rings. The maximum absolute atomic E-state index is 10.7. The number of hydrogen-bond acceptors (Lipinski definition) is 5. The lowest BCUT2D eigenvalue weighted by Crippen LogP contribution is -2.34. The lowest BCUT2D eigenvalue weighted by Gasteiger charge is -2.19. The molecule has 1 heterocycles. The normalized spacial score (nSPS) is 13.9. The number of methoxy groups -OCH3 is 1. The molecule has 1 aromatic heterocycles. The Balaban J connectivity index is 2.73. The Morgan fingerprint density at radius 2 is 2.29 bits per heavy atom. The average Bonchev–Trinajstić information content (AvgIpc) is 2.34. The van der Waals surface area contributed by atoms with Crippen LogP contribution in [0.25, 0.3) is 0 Å². The van der Waals surface area contributed by atoms with Gasteiger partial charge in [-0.25, -0.2) is 0 Å². The predicted octanol–water partition coefficient (Wildman–Crippen LogP) is -0.379. The third kappa shape index (κ3) is 3.69. The van der Waals surface area contributed by atoms with E-state index in [1.54, 1.807) is 12.1 Å². The van der Waals surface area contributed by atoms with E-state index in [1.165, 1.54) is 20.2 Å². The number of rotatable bonds is 5. The summed E-state index contributed by atoms with van der Waals surface area (Å²) >= 11 is 0. The predicted molar refractivity (Wildman–Crippen MR) is 60.4 cm³/mol. The van der Waals surface area contributed by atoms with Crippen LogP contribution in [0, 0.1) is 0 Å². The van der Waals surface area contributed by atoms with E-state index < -0.39 is 12.2 Å². The van der Waals surface area contributed by atoms with Crippen LogP contribution in [0.15, 0.2) is 18.3 Å². The van der Waals surface area contributed by atoms with E-state index in [9.17, 15) is 15.0 Å². The average molecular weight is 240 g/mol. The zero-order chi connectivity index (χ0) is 12.8. The van der Waals surface area contributed by atoms with Crippen molar-refractivity contribution in [2.75, 3.05) is 13.7 Å². The lowest BCUT2D eigenvalue weighted by molar-refractivity contribution is -0.119. The SMILES string of the molecule is COc1cccnc1C(O)C(O)CNC(C)=O. The third-order valence-electron chi connectivity index (χ3n) is 2.22. The van der Waals surface area contributed by atoms with Gasteiger partial charge in [0, 0.05) is 19.7 Å². The molecule has 2 unspecified atom stereocenters. The minimum absolute atomic E-state index is 0.0454. The largest absolute Gasteiger partial charge is 0.495 e.